The molecule has 0 amide bonds. The van der Waals surface area contributed by atoms with Crippen LogP contribution in [0.15, 0.2) is 16.7 Å². The van der Waals surface area contributed by atoms with Crippen LogP contribution in [0.2, 0.25) is 0 Å². The highest BCUT2D eigenvalue weighted by Gasteiger charge is 2.29. The van der Waals surface area contributed by atoms with E-state index < -0.39 is 0 Å². The van der Waals surface area contributed by atoms with Crippen LogP contribution in [0.1, 0.15) is 67.8 Å². The minimum atomic E-state index is -0.240. The minimum Gasteiger partial charge on any atom is -0.380 e. The van der Waals surface area contributed by atoms with Gasteiger partial charge in [-0.2, -0.15) is 4.98 Å². The van der Waals surface area contributed by atoms with Gasteiger partial charge in [0, 0.05) is 37.2 Å². The molecule has 3 fully saturated rings. The van der Waals surface area contributed by atoms with E-state index >= 15 is 4.39 Å². The van der Waals surface area contributed by atoms with E-state index in [0.29, 0.717) is 35.2 Å². The molecule has 2 aromatic heterocycles. The first-order valence-electron chi connectivity index (χ1n) is 13.1. The number of piperidine rings is 1. The van der Waals surface area contributed by atoms with E-state index in [1.807, 2.05) is 13.8 Å². The summed E-state index contributed by atoms with van der Waals surface area (Å²) in [5.74, 6) is 1.99. The third-order valence-electron chi connectivity index (χ3n) is 8.05. The van der Waals surface area contributed by atoms with Crippen LogP contribution in [0.4, 0.5) is 10.2 Å². The van der Waals surface area contributed by atoms with Crippen molar-refractivity contribution in [2.45, 2.75) is 76.8 Å². The fourth-order valence-electron chi connectivity index (χ4n) is 5.81. The number of rotatable bonds is 5. The molecule has 1 N–H and O–H groups in total. The van der Waals surface area contributed by atoms with Gasteiger partial charge >= 0.3 is 0 Å². The minimum absolute atomic E-state index is 0.240. The van der Waals surface area contributed by atoms with Crippen molar-refractivity contribution >= 4 is 16.7 Å². The number of fused-ring (bicyclic) bond motifs is 1. The highest BCUT2D eigenvalue weighted by Crippen LogP contribution is 2.41. The SMILES string of the molecule is Cc1noc(-c2c(N3CCC(NC4CCCOC4)CC3)nc3c(F)cc(C4CCC4)cc3c2C)n1. The molecule has 1 atom stereocenters. The van der Waals surface area contributed by atoms with Crippen LogP contribution in [0, 0.1) is 19.7 Å². The summed E-state index contributed by atoms with van der Waals surface area (Å²) in [4.78, 5) is 11.7. The van der Waals surface area contributed by atoms with E-state index in [4.69, 9.17) is 14.2 Å². The van der Waals surface area contributed by atoms with Gasteiger partial charge in [0.25, 0.3) is 5.89 Å². The van der Waals surface area contributed by atoms with Gasteiger partial charge in [0.2, 0.25) is 0 Å². The highest BCUT2D eigenvalue weighted by molar-refractivity contribution is 5.93. The van der Waals surface area contributed by atoms with Gasteiger partial charge in [-0.1, -0.05) is 11.6 Å². The lowest BCUT2D eigenvalue weighted by Crippen LogP contribution is -2.48. The molecule has 4 heterocycles. The van der Waals surface area contributed by atoms with Crippen LogP contribution < -0.4 is 10.2 Å². The van der Waals surface area contributed by atoms with Crippen molar-refractivity contribution in [3.05, 3.63) is 34.9 Å². The smallest absolute Gasteiger partial charge is 0.261 e. The molecular weight excluding hydrogens is 445 g/mol. The Kier molecular flexibility index (Phi) is 6.18. The number of halogens is 1. The van der Waals surface area contributed by atoms with Crippen molar-refractivity contribution < 1.29 is 13.7 Å². The third kappa shape index (κ3) is 4.42. The maximum atomic E-state index is 15.4. The molecule has 0 radical (unpaired) electrons. The van der Waals surface area contributed by atoms with Gasteiger partial charge in [-0.15, -0.1) is 0 Å². The summed E-state index contributed by atoms with van der Waals surface area (Å²) in [6, 6.07) is 4.72. The Balaban J connectivity index is 1.34. The summed E-state index contributed by atoms with van der Waals surface area (Å²) < 4.78 is 26.7. The second kappa shape index (κ2) is 9.47. The van der Waals surface area contributed by atoms with Gasteiger partial charge < -0.3 is 19.5 Å². The number of benzene rings is 1. The number of aryl methyl sites for hydroxylation is 2. The van der Waals surface area contributed by atoms with E-state index in [2.05, 4.69) is 26.4 Å². The normalized spacial score (nSPS) is 22.0. The fourth-order valence-corrected chi connectivity index (χ4v) is 5.81. The Morgan fingerprint density at radius 3 is 2.49 bits per heavy atom. The van der Waals surface area contributed by atoms with E-state index in [9.17, 15) is 0 Å². The number of nitrogens with one attached hydrogen (secondary N) is 1. The highest BCUT2D eigenvalue weighted by atomic mass is 19.1. The second-order valence-electron chi connectivity index (χ2n) is 10.5. The van der Waals surface area contributed by atoms with Crippen molar-refractivity contribution in [1.82, 2.24) is 20.4 Å². The van der Waals surface area contributed by atoms with E-state index in [0.717, 1.165) is 86.3 Å². The van der Waals surface area contributed by atoms with Crippen LogP contribution in [0.25, 0.3) is 22.4 Å². The predicted molar refractivity (Wildman–Crippen MR) is 133 cm³/mol. The molecule has 3 aromatic rings. The topological polar surface area (TPSA) is 76.3 Å². The van der Waals surface area contributed by atoms with E-state index in [1.165, 1.54) is 12.8 Å². The molecular formula is C27H34FN5O2. The molecule has 1 unspecified atom stereocenters. The Hall–Kier alpha value is -2.58. The summed E-state index contributed by atoms with van der Waals surface area (Å²) >= 11 is 0. The zero-order valence-corrected chi connectivity index (χ0v) is 20.6. The van der Waals surface area contributed by atoms with Crippen LogP contribution in [0.5, 0.6) is 0 Å². The molecule has 0 bridgehead atoms. The molecule has 1 aliphatic carbocycles. The molecule has 8 heteroatoms. The van der Waals surface area contributed by atoms with E-state index in [1.54, 1.807) is 6.07 Å². The van der Waals surface area contributed by atoms with Crippen LogP contribution in [-0.2, 0) is 4.74 Å². The molecule has 2 saturated heterocycles. The first-order chi connectivity index (χ1) is 17.1. The average Bonchev–Trinajstić information content (AvgIpc) is 3.25. The molecule has 186 valence electrons. The molecule has 6 rings (SSSR count). The third-order valence-corrected chi connectivity index (χ3v) is 8.05. The standard InChI is InChI=1S/C27H34FN5O2/c1-16-22-13-19(18-5-3-6-18)14-23(28)25(22)31-26(24(16)27-29-17(2)32-35-27)33-10-8-20(9-11-33)30-21-7-4-12-34-15-21/h13-14,18,20-21,30H,3-12,15H2,1-2H3. The van der Waals surface area contributed by atoms with Crippen molar-refractivity contribution in [1.29, 1.82) is 0 Å². The number of aromatic nitrogens is 3. The molecule has 1 saturated carbocycles. The van der Waals surface area contributed by atoms with Gasteiger partial charge in [-0.3, -0.25) is 0 Å². The fraction of sp³-hybridized carbons (Fsp3) is 0.593. The lowest BCUT2D eigenvalue weighted by molar-refractivity contribution is 0.0650. The monoisotopic (exact) mass is 479 g/mol. The summed E-state index contributed by atoms with van der Waals surface area (Å²) in [5.41, 5.74) is 3.29. The summed E-state index contributed by atoms with van der Waals surface area (Å²) in [6.07, 6.45) is 7.77. The second-order valence-corrected chi connectivity index (χ2v) is 10.5. The van der Waals surface area contributed by atoms with Crippen molar-refractivity contribution in [2.75, 3.05) is 31.2 Å². The number of nitrogens with zero attached hydrogens (tertiary/aromatic N) is 4. The van der Waals surface area contributed by atoms with Gasteiger partial charge in [0.05, 0.1) is 12.2 Å². The first kappa shape index (κ1) is 22.9. The lowest BCUT2D eigenvalue weighted by Gasteiger charge is -2.37. The molecule has 35 heavy (non-hydrogen) atoms. The van der Waals surface area contributed by atoms with Gasteiger partial charge in [-0.05, 0) is 81.5 Å². The lowest BCUT2D eigenvalue weighted by atomic mass is 9.79. The Bertz CT molecular complexity index is 1210. The average molecular weight is 480 g/mol. The summed E-state index contributed by atoms with van der Waals surface area (Å²) in [6.45, 7) is 7.20. The Morgan fingerprint density at radius 2 is 1.83 bits per heavy atom. The Morgan fingerprint density at radius 1 is 1.00 bits per heavy atom. The van der Waals surface area contributed by atoms with Crippen molar-refractivity contribution in [3.63, 3.8) is 0 Å². The number of ether oxygens (including phenoxy) is 1. The summed E-state index contributed by atoms with van der Waals surface area (Å²) in [5, 5.41) is 8.66. The molecule has 0 spiro atoms. The molecule has 1 aromatic carbocycles. The maximum absolute atomic E-state index is 15.4. The van der Waals surface area contributed by atoms with Crippen molar-refractivity contribution in [2.24, 2.45) is 0 Å². The first-order valence-corrected chi connectivity index (χ1v) is 13.1. The quantitative estimate of drug-likeness (QED) is 0.549. The number of hydrogen-bond acceptors (Lipinski definition) is 7. The largest absolute Gasteiger partial charge is 0.380 e. The van der Waals surface area contributed by atoms with Gasteiger partial charge in [0.1, 0.15) is 17.2 Å². The summed E-state index contributed by atoms with van der Waals surface area (Å²) in [7, 11) is 0. The maximum Gasteiger partial charge on any atom is 0.261 e. The molecule has 7 nitrogen and oxygen atoms in total. The van der Waals surface area contributed by atoms with Gasteiger partial charge in [-0.25, -0.2) is 9.37 Å². The number of pyridine rings is 1. The molecule has 2 aliphatic heterocycles. The molecule has 3 aliphatic rings. The van der Waals surface area contributed by atoms with Crippen LogP contribution >= 0.6 is 0 Å². The van der Waals surface area contributed by atoms with Crippen LogP contribution in [-0.4, -0.2) is 53.5 Å². The number of anilines is 1. The number of hydrogen-bond donors (Lipinski definition) is 1. The van der Waals surface area contributed by atoms with Crippen molar-refractivity contribution in [3.8, 4) is 11.5 Å². The Labute approximate surface area is 205 Å². The zero-order valence-electron chi connectivity index (χ0n) is 20.6. The predicted octanol–water partition coefficient (Wildman–Crippen LogP) is 5.05. The van der Waals surface area contributed by atoms with Crippen LogP contribution in [0.3, 0.4) is 0 Å². The zero-order chi connectivity index (χ0) is 23.9. The van der Waals surface area contributed by atoms with E-state index in [-0.39, 0.29) is 5.82 Å². The van der Waals surface area contributed by atoms with Gasteiger partial charge in [0.15, 0.2) is 5.82 Å².